The van der Waals surface area contributed by atoms with Gasteiger partial charge in [-0.15, -0.1) is 11.6 Å². The van der Waals surface area contributed by atoms with Gasteiger partial charge in [0.1, 0.15) is 4.99 Å². The van der Waals surface area contributed by atoms with Gasteiger partial charge in [-0.25, -0.2) is 0 Å². The summed E-state index contributed by atoms with van der Waals surface area (Å²) < 4.78 is 0. The molecular formula is C14H11ClN2S. The fraction of sp³-hybridized carbons (Fsp3) is 0.0714. The number of rotatable bonds is 1. The summed E-state index contributed by atoms with van der Waals surface area (Å²) in [5.41, 5.74) is 5.08. The molecule has 2 N–H and O–H groups in total. The van der Waals surface area contributed by atoms with Gasteiger partial charge in [0.2, 0.25) is 0 Å². The highest BCUT2D eigenvalue weighted by molar-refractivity contribution is 7.81. The molecule has 2 nitrogen and oxygen atoms in total. The fourth-order valence-corrected chi connectivity index (χ4v) is 2.47. The van der Waals surface area contributed by atoms with Crippen molar-refractivity contribution in [2.45, 2.75) is 5.88 Å². The van der Waals surface area contributed by atoms with Gasteiger partial charge in [-0.1, -0.05) is 30.4 Å². The second kappa shape index (κ2) is 4.59. The van der Waals surface area contributed by atoms with Crippen LogP contribution in [0.15, 0.2) is 42.5 Å². The number of hydrogen-bond donors (Lipinski definition) is 2. The van der Waals surface area contributed by atoms with Crippen LogP contribution in [0.5, 0.6) is 0 Å². The summed E-state index contributed by atoms with van der Waals surface area (Å²) in [7, 11) is 0. The highest BCUT2D eigenvalue weighted by Gasteiger charge is 2.15. The van der Waals surface area contributed by atoms with Crippen molar-refractivity contribution in [3.8, 4) is 0 Å². The lowest BCUT2D eigenvalue weighted by Gasteiger charge is -2.09. The molecule has 1 aliphatic rings. The molecular weight excluding hydrogens is 264 g/mol. The van der Waals surface area contributed by atoms with Crippen molar-refractivity contribution in [2.75, 3.05) is 10.6 Å². The molecule has 2 aromatic rings. The Kier molecular flexibility index (Phi) is 2.94. The molecule has 0 spiro atoms. The molecule has 0 fully saturated rings. The van der Waals surface area contributed by atoms with Crippen LogP contribution in [0.2, 0.25) is 0 Å². The quantitative estimate of drug-likeness (QED) is 0.600. The highest BCUT2D eigenvalue weighted by Crippen LogP contribution is 2.32. The zero-order valence-electron chi connectivity index (χ0n) is 9.53. The van der Waals surface area contributed by atoms with E-state index in [0.29, 0.717) is 5.88 Å². The molecule has 0 saturated carbocycles. The van der Waals surface area contributed by atoms with Gasteiger partial charge in [0.25, 0.3) is 0 Å². The van der Waals surface area contributed by atoms with Crippen LogP contribution < -0.4 is 10.6 Å². The van der Waals surface area contributed by atoms with Crippen LogP contribution in [0.4, 0.5) is 17.1 Å². The molecule has 0 bridgehead atoms. The maximum absolute atomic E-state index is 5.85. The smallest absolute Gasteiger partial charge is 0.113 e. The Morgan fingerprint density at radius 1 is 0.944 bits per heavy atom. The van der Waals surface area contributed by atoms with E-state index in [9.17, 15) is 0 Å². The van der Waals surface area contributed by atoms with Crippen molar-refractivity contribution < 1.29 is 0 Å². The molecule has 90 valence electrons. The van der Waals surface area contributed by atoms with Crippen LogP contribution in [-0.2, 0) is 5.88 Å². The van der Waals surface area contributed by atoms with Gasteiger partial charge < -0.3 is 10.6 Å². The third-order valence-electron chi connectivity index (χ3n) is 2.93. The van der Waals surface area contributed by atoms with Gasteiger partial charge >= 0.3 is 0 Å². The Morgan fingerprint density at radius 3 is 2.61 bits per heavy atom. The number of nitrogens with one attached hydrogen (secondary N) is 2. The van der Waals surface area contributed by atoms with Gasteiger partial charge in [0.05, 0.1) is 11.4 Å². The van der Waals surface area contributed by atoms with Crippen molar-refractivity contribution in [1.29, 1.82) is 0 Å². The predicted octanol–water partition coefficient (Wildman–Crippen LogP) is 4.27. The third kappa shape index (κ3) is 1.96. The van der Waals surface area contributed by atoms with Gasteiger partial charge in [0.15, 0.2) is 0 Å². The minimum absolute atomic E-state index is 0.495. The number of thiocarbonyl (C=S) groups is 1. The van der Waals surface area contributed by atoms with Crippen LogP contribution in [0, 0.1) is 0 Å². The maximum Gasteiger partial charge on any atom is 0.113 e. The third-order valence-corrected chi connectivity index (χ3v) is 3.56. The summed E-state index contributed by atoms with van der Waals surface area (Å²) in [6, 6.07) is 14.1. The van der Waals surface area contributed by atoms with E-state index in [1.807, 2.05) is 42.5 Å². The lowest BCUT2D eigenvalue weighted by molar-refractivity contribution is 1.40. The van der Waals surface area contributed by atoms with Crippen LogP contribution in [0.25, 0.3) is 0 Å². The predicted molar refractivity (Wildman–Crippen MR) is 81.0 cm³/mol. The Labute approximate surface area is 116 Å². The second-order valence-corrected chi connectivity index (χ2v) is 4.81. The molecule has 0 aromatic heterocycles. The molecule has 3 rings (SSSR count). The van der Waals surface area contributed by atoms with E-state index in [4.69, 9.17) is 23.8 Å². The number of benzene rings is 2. The van der Waals surface area contributed by atoms with E-state index in [2.05, 4.69) is 10.6 Å². The summed E-state index contributed by atoms with van der Waals surface area (Å²) in [5, 5.41) is 6.66. The van der Waals surface area contributed by atoms with E-state index < -0.39 is 0 Å². The Hall–Kier alpha value is -1.58. The first-order valence-corrected chi connectivity index (χ1v) is 6.58. The van der Waals surface area contributed by atoms with E-state index in [1.165, 1.54) is 0 Å². The van der Waals surface area contributed by atoms with Crippen molar-refractivity contribution in [3.05, 3.63) is 53.6 Å². The summed E-state index contributed by atoms with van der Waals surface area (Å²) in [5.74, 6) is 0.495. The number of halogens is 1. The number of para-hydroxylation sites is 1. The normalized spacial score (nSPS) is 12.8. The molecule has 18 heavy (non-hydrogen) atoms. The van der Waals surface area contributed by atoms with Crippen LogP contribution >= 0.6 is 23.8 Å². The second-order valence-electron chi connectivity index (χ2n) is 4.14. The minimum Gasteiger partial charge on any atom is -0.353 e. The molecule has 0 atom stereocenters. The van der Waals surface area contributed by atoms with Crippen LogP contribution in [0.1, 0.15) is 11.1 Å². The first-order valence-electron chi connectivity index (χ1n) is 5.64. The number of anilines is 3. The Balaban J connectivity index is 2.12. The fourth-order valence-electron chi connectivity index (χ4n) is 2.01. The first-order chi connectivity index (χ1) is 8.78. The summed E-state index contributed by atoms with van der Waals surface area (Å²) in [6.45, 7) is 0. The van der Waals surface area contributed by atoms with Crippen LogP contribution in [0.3, 0.4) is 0 Å². The minimum atomic E-state index is 0.495. The SMILES string of the molecule is S=C1Nc2cc(CCl)ccc2Nc2ccccc21. The van der Waals surface area contributed by atoms with Gasteiger partial charge in [-0.2, -0.15) is 0 Å². The lowest BCUT2D eigenvalue weighted by Crippen LogP contribution is -2.09. The average molecular weight is 275 g/mol. The summed E-state index contributed by atoms with van der Waals surface area (Å²) in [4.78, 5) is 0.726. The largest absolute Gasteiger partial charge is 0.353 e. The lowest BCUT2D eigenvalue weighted by atomic mass is 10.2. The van der Waals surface area contributed by atoms with Crippen molar-refractivity contribution in [3.63, 3.8) is 0 Å². The van der Waals surface area contributed by atoms with Crippen molar-refractivity contribution in [2.24, 2.45) is 0 Å². The molecule has 0 radical (unpaired) electrons. The van der Waals surface area contributed by atoms with E-state index in [-0.39, 0.29) is 0 Å². The molecule has 0 amide bonds. The zero-order chi connectivity index (χ0) is 12.5. The summed E-state index contributed by atoms with van der Waals surface area (Å²) >= 11 is 11.3. The van der Waals surface area contributed by atoms with Crippen LogP contribution in [-0.4, -0.2) is 4.99 Å². The number of alkyl halides is 1. The monoisotopic (exact) mass is 274 g/mol. The van der Waals surface area contributed by atoms with Crippen molar-refractivity contribution in [1.82, 2.24) is 0 Å². The average Bonchev–Trinajstić information content (AvgIpc) is 2.54. The maximum atomic E-state index is 5.85. The van der Waals surface area contributed by atoms with E-state index in [0.717, 1.165) is 33.2 Å². The number of hydrogen-bond acceptors (Lipinski definition) is 2. The van der Waals surface area contributed by atoms with Crippen molar-refractivity contribution >= 4 is 45.9 Å². The topological polar surface area (TPSA) is 24.1 Å². The Morgan fingerprint density at radius 2 is 1.78 bits per heavy atom. The molecule has 2 aromatic carbocycles. The van der Waals surface area contributed by atoms with Gasteiger partial charge in [0, 0.05) is 17.1 Å². The molecule has 0 saturated heterocycles. The summed E-state index contributed by atoms with van der Waals surface area (Å²) in [6.07, 6.45) is 0. The van der Waals surface area contributed by atoms with Gasteiger partial charge in [-0.3, -0.25) is 0 Å². The van der Waals surface area contributed by atoms with E-state index in [1.54, 1.807) is 0 Å². The molecule has 1 heterocycles. The number of fused-ring (bicyclic) bond motifs is 2. The first kappa shape index (κ1) is 11.5. The van der Waals surface area contributed by atoms with Gasteiger partial charge in [-0.05, 0) is 29.8 Å². The van der Waals surface area contributed by atoms with E-state index >= 15 is 0 Å². The zero-order valence-corrected chi connectivity index (χ0v) is 11.1. The standard InChI is InChI=1S/C14H11ClN2S/c15-8-9-5-6-12-13(7-9)17-14(18)10-3-1-2-4-11(10)16-12/h1-7,16H,8H2,(H,17,18). The Bertz CT molecular complexity index is 625. The molecule has 4 heteroatoms. The molecule has 0 unspecified atom stereocenters. The molecule has 0 aliphatic carbocycles. The highest BCUT2D eigenvalue weighted by atomic mass is 35.5. The molecule has 1 aliphatic heterocycles.